The number of carbonyl (C=O) groups is 1. The van der Waals surface area contributed by atoms with Gasteiger partial charge in [0.05, 0.1) is 23.3 Å². The number of aliphatic hydroxyl groups excluding tert-OH is 1. The van der Waals surface area contributed by atoms with E-state index in [1.54, 1.807) is 18.2 Å². The van der Waals surface area contributed by atoms with E-state index in [2.05, 4.69) is 4.98 Å². The number of nitrogens with zero attached hydrogens (tertiary/aromatic N) is 2. The average molecular weight is 336 g/mol. The number of benzene rings is 1. The molecule has 0 spiro atoms. The van der Waals surface area contributed by atoms with Crippen LogP contribution in [0.5, 0.6) is 0 Å². The molecule has 1 fully saturated rings. The van der Waals surface area contributed by atoms with Gasteiger partial charge in [0.2, 0.25) is 0 Å². The molecule has 0 bridgehead atoms. The first-order chi connectivity index (χ1) is 11.4. The van der Waals surface area contributed by atoms with Gasteiger partial charge in [-0.3, -0.25) is 9.78 Å². The highest BCUT2D eigenvalue weighted by atomic mass is 19.4. The average Bonchev–Trinajstić information content (AvgIpc) is 2.96. The fourth-order valence-electron chi connectivity index (χ4n) is 2.93. The molecule has 1 aliphatic heterocycles. The molecule has 1 amide bonds. The van der Waals surface area contributed by atoms with Crippen molar-refractivity contribution in [2.45, 2.75) is 24.7 Å². The Morgan fingerprint density at radius 3 is 2.71 bits per heavy atom. The maximum Gasteiger partial charge on any atom is 0.416 e. The summed E-state index contributed by atoms with van der Waals surface area (Å²) in [6.45, 7) is 0.0780. The summed E-state index contributed by atoms with van der Waals surface area (Å²) in [7, 11) is 0. The molecule has 3 rings (SSSR count). The van der Waals surface area contributed by atoms with Gasteiger partial charge in [0.1, 0.15) is 0 Å². The van der Waals surface area contributed by atoms with E-state index >= 15 is 0 Å². The summed E-state index contributed by atoms with van der Waals surface area (Å²) in [4.78, 5) is 17.9. The minimum Gasteiger partial charge on any atom is -0.391 e. The van der Waals surface area contributed by atoms with Gasteiger partial charge in [-0.25, -0.2) is 0 Å². The van der Waals surface area contributed by atoms with E-state index in [1.807, 2.05) is 0 Å². The van der Waals surface area contributed by atoms with Gasteiger partial charge in [0, 0.05) is 18.9 Å². The molecule has 0 radical (unpaired) electrons. The number of likely N-dealkylation sites (tertiary alicyclic amines) is 1. The Kier molecular flexibility index (Phi) is 4.28. The number of aromatic nitrogens is 1. The van der Waals surface area contributed by atoms with Gasteiger partial charge in [0.15, 0.2) is 0 Å². The first-order valence-corrected chi connectivity index (χ1v) is 7.42. The molecule has 1 aliphatic rings. The number of carbonyl (C=O) groups excluding carboxylic acids is 1. The van der Waals surface area contributed by atoms with Crippen LogP contribution in [-0.2, 0) is 6.18 Å². The highest BCUT2D eigenvalue weighted by Gasteiger charge is 2.37. The van der Waals surface area contributed by atoms with Crippen LogP contribution in [0, 0.1) is 0 Å². The Labute approximate surface area is 136 Å². The number of halogens is 3. The van der Waals surface area contributed by atoms with E-state index in [9.17, 15) is 23.1 Å². The lowest BCUT2D eigenvalue weighted by Gasteiger charge is -2.25. The molecule has 2 aromatic rings. The zero-order chi connectivity index (χ0) is 17.3. The lowest BCUT2D eigenvalue weighted by atomic mass is 10.0. The number of hydrogen-bond acceptors (Lipinski definition) is 3. The Morgan fingerprint density at radius 1 is 1.25 bits per heavy atom. The lowest BCUT2D eigenvalue weighted by Crippen LogP contribution is -2.32. The monoisotopic (exact) mass is 336 g/mol. The van der Waals surface area contributed by atoms with Crippen molar-refractivity contribution in [1.82, 2.24) is 9.88 Å². The zero-order valence-electron chi connectivity index (χ0n) is 12.6. The summed E-state index contributed by atoms with van der Waals surface area (Å²) in [5, 5.41) is 9.92. The molecule has 2 unspecified atom stereocenters. The van der Waals surface area contributed by atoms with Gasteiger partial charge in [0.25, 0.3) is 5.91 Å². The van der Waals surface area contributed by atoms with E-state index in [4.69, 9.17) is 0 Å². The highest BCUT2D eigenvalue weighted by molar-refractivity contribution is 5.94. The van der Waals surface area contributed by atoms with Gasteiger partial charge in [-0.05, 0) is 36.2 Å². The van der Waals surface area contributed by atoms with Crippen LogP contribution in [-0.4, -0.2) is 33.5 Å². The number of hydrogen-bond donors (Lipinski definition) is 1. The van der Waals surface area contributed by atoms with Crippen LogP contribution in [0.4, 0.5) is 13.2 Å². The van der Waals surface area contributed by atoms with E-state index in [0.717, 1.165) is 12.1 Å². The van der Waals surface area contributed by atoms with Crippen LogP contribution in [0.15, 0.2) is 48.8 Å². The van der Waals surface area contributed by atoms with Crippen molar-refractivity contribution in [3.63, 3.8) is 0 Å². The predicted octanol–water partition coefficient (Wildman–Crippen LogP) is 3.05. The Balaban J connectivity index is 1.93. The third kappa shape index (κ3) is 3.26. The van der Waals surface area contributed by atoms with Crippen LogP contribution >= 0.6 is 0 Å². The minimum atomic E-state index is -4.45. The number of amides is 1. The van der Waals surface area contributed by atoms with Crippen LogP contribution in [0.25, 0.3) is 0 Å². The second kappa shape index (κ2) is 6.24. The lowest BCUT2D eigenvalue weighted by molar-refractivity contribution is -0.137. The van der Waals surface area contributed by atoms with Crippen molar-refractivity contribution in [2.24, 2.45) is 0 Å². The van der Waals surface area contributed by atoms with Crippen molar-refractivity contribution in [2.75, 3.05) is 6.54 Å². The van der Waals surface area contributed by atoms with Crippen molar-refractivity contribution >= 4 is 5.91 Å². The molecule has 1 aromatic carbocycles. The van der Waals surface area contributed by atoms with Crippen LogP contribution < -0.4 is 0 Å². The fourth-order valence-corrected chi connectivity index (χ4v) is 2.93. The minimum absolute atomic E-state index is 0.0780. The van der Waals surface area contributed by atoms with Crippen molar-refractivity contribution in [3.05, 3.63) is 65.5 Å². The third-order valence-corrected chi connectivity index (χ3v) is 4.05. The van der Waals surface area contributed by atoms with E-state index in [0.29, 0.717) is 11.1 Å². The number of pyridine rings is 1. The third-order valence-electron chi connectivity index (χ3n) is 4.05. The summed E-state index contributed by atoms with van der Waals surface area (Å²) in [6.07, 6.45) is -2.10. The second-order valence-electron chi connectivity index (χ2n) is 5.73. The first-order valence-electron chi connectivity index (χ1n) is 7.42. The standard InChI is InChI=1S/C17H15F3N2O2/c18-17(19,20)13-5-1-3-11(7-13)15-8-14(23)10-22(15)16(24)12-4-2-6-21-9-12/h1-7,9,14-15,23H,8,10H2. The van der Waals surface area contributed by atoms with Crippen LogP contribution in [0.1, 0.15) is 33.9 Å². The largest absolute Gasteiger partial charge is 0.416 e. The molecule has 2 heterocycles. The van der Waals surface area contributed by atoms with Gasteiger partial charge < -0.3 is 10.0 Å². The highest BCUT2D eigenvalue weighted by Crippen LogP contribution is 2.36. The van der Waals surface area contributed by atoms with Crippen molar-refractivity contribution < 1.29 is 23.1 Å². The predicted molar refractivity (Wildman–Crippen MR) is 80.1 cm³/mol. The van der Waals surface area contributed by atoms with Crippen LogP contribution in [0.3, 0.4) is 0 Å². The quantitative estimate of drug-likeness (QED) is 0.917. The van der Waals surface area contributed by atoms with Crippen LogP contribution in [0.2, 0.25) is 0 Å². The van der Waals surface area contributed by atoms with Gasteiger partial charge in [-0.2, -0.15) is 13.2 Å². The second-order valence-corrected chi connectivity index (χ2v) is 5.73. The van der Waals surface area contributed by atoms with Crippen molar-refractivity contribution in [1.29, 1.82) is 0 Å². The Hall–Kier alpha value is -2.41. The summed E-state index contributed by atoms with van der Waals surface area (Å²) in [5.74, 6) is -0.359. The van der Waals surface area contributed by atoms with E-state index in [-0.39, 0.29) is 18.9 Å². The molecule has 126 valence electrons. The molecular weight excluding hydrogens is 321 g/mol. The molecule has 1 aromatic heterocycles. The molecule has 1 saturated heterocycles. The van der Waals surface area contributed by atoms with Gasteiger partial charge in [-0.1, -0.05) is 12.1 Å². The number of β-amino-alcohol motifs (C(OH)–C–C–N with tert-alkyl or cyclic N) is 1. The summed E-state index contributed by atoms with van der Waals surface area (Å²) in [6, 6.07) is 7.48. The Bertz CT molecular complexity index is 734. The number of rotatable bonds is 2. The molecule has 7 heteroatoms. The van der Waals surface area contributed by atoms with Crippen molar-refractivity contribution in [3.8, 4) is 0 Å². The first kappa shape index (κ1) is 16.4. The molecular formula is C17H15F3N2O2. The normalized spacial score (nSPS) is 21.1. The number of alkyl halides is 3. The molecule has 4 nitrogen and oxygen atoms in total. The molecule has 24 heavy (non-hydrogen) atoms. The molecule has 2 atom stereocenters. The maximum absolute atomic E-state index is 12.9. The molecule has 1 N–H and O–H groups in total. The van der Waals surface area contributed by atoms with E-state index in [1.165, 1.54) is 23.4 Å². The topological polar surface area (TPSA) is 53.4 Å². The molecule has 0 saturated carbocycles. The smallest absolute Gasteiger partial charge is 0.391 e. The Morgan fingerprint density at radius 2 is 2.04 bits per heavy atom. The zero-order valence-corrected chi connectivity index (χ0v) is 12.6. The van der Waals surface area contributed by atoms with E-state index < -0.39 is 23.9 Å². The summed E-state index contributed by atoms with van der Waals surface area (Å²) < 4.78 is 38.7. The van der Waals surface area contributed by atoms with Gasteiger partial charge >= 0.3 is 6.18 Å². The number of aliphatic hydroxyl groups is 1. The maximum atomic E-state index is 12.9. The fraction of sp³-hybridized carbons (Fsp3) is 0.294. The molecule has 0 aliphatic carbocycles. The SMILES string of the molecule is O=C(c1cccnc1)N1CC(O)CC1c1cccc(C(F)(F)F)c1. The summed E-state index contributed by atoms with van der Waals surface area (Å²) in [5.41, 5.74) is -0.0719. The van der Waals surface area contributed by atoms with Gasteiger partial charge in [-0.15, -0.1) is 0 Å². The summed E-state index contributed by atoms with van der Waals surface area (Å²) >= 11 is 0.